The quantitative estimate of drug-likeness (QED) is 0.243. The van der Waals surface area contributed by atoms with E-state index in [9.17, 15) is 9.59 Å². The Hall–Kier alpha value is -3.64. The second-order valence-electron chi connectivity index (χ2n) is 9.59. The molecule has 6 nitrogen and oxygen atoms in total. The number of benzene rings is 3. The largest absolute Gasteiger partial charge is 0.494 e. The summed E-state index contributed by atoms with van der Waals surface area (Å²) in [6.07, 6.45) is 2.02. The number of ether oxygens (including phenoxy) is 2. The molecule has 1 aliphatic rings. The predicted octanol–water partition coefficient (Wildman–Crippen LogP) is 5.11. The zero-order valence-electron chi connectivity index (χ0n) is 22.5. The van der Waals surface area contributed by atoms with Crippen LogP contribution in [0.15, 0.2) is 84.9 Å². The zero-order chi connectivity index (χ0) is 27.2. The minimum Gasteiger partial charge on any atom is -0.494 e. The van der Waals surface area contributed by atoms with Gasteiger partial charge in [-0.15, -0.1) is 0 Å². The molecule has 0 aliphatic heterocycles. The third-order valence-electron chi connectivity index (χ3n) is 6.56. The molecule has 0 aromatic heterocycles. The van der Waals surface area contributed by atoms with Crippen LogP contribution in [0.5, 0.6) is 5.75 Å². The molecule has 3 N–H and O–H groups in total. The summed E-state index contributed by atoms with van der Waals surface area (Å²) in [6, 6.07) is 28.6. The van der Waals surface area contributed by atoms with E-state index in [2.05, 4.69) is 72.9 Å². The van der Waals surface area contributed by atoms with Gasteiger partial charge in [0.2, 0.25) is 5.91 Å². The molecule has 6 heteroatoms. The number of carbonyl (C=O) groups is 2. The normalized spacial score (nSPS) is 15.8. The Morgan fingerprint density at radius 3 is 2.24 bits per heavy atom. The van der Waals surface area contributed by atoms with E-state index in [4.69, 9.17) is 15.2 Å². The van der Waals surface area contributed by atoms with Gasteiger partial charge < -0.3 is 20.5 Å². The summed E-state index contributed by atoms with van der Waals surface area (Å²) in [7, 11) is 0. The number of carbonyl (C=O) groups excluding carboxylic acids is 2. The second kappa shape index (κ2) is 15.6. The highest BCUT2D eigenvalue weighted by Gasteiger charge is 2.43. The van der Waals surface area contributed by atoms with E-state index >= 15 is 0 Å². The molecule has 3 aromatic rings. The SMILES string of the molecule is CC(c1ccccc1)c1ccccc1.CCOC(=O)C1CC1CNCCCOc1cccc(CC(N)=O)c1. The van der Waals surface area contributed by atoms with Gasteiger partial charge in [0.25, 0.3) is 0 Å². The smallest absolute Gasteiger partial charge is 0.309 e. The number of esters is 1. The minimum absolute atomic E-state index is 0.0662. The van der Waals surface area contributed by atoms with E-state index in [0.717, 1.165) is 37.2 Å². The maximum atomic E-state index is 11.5. The lowest BCUT2D eigenvalue weighted by atomic mass is 9.93. The summed E-state index contributed by atoms with van der Waals surface area (Å²) < 4.78 is 10.7. The van der Waals surface area contributed by atoms with Gasteiger partial charge >= 0.3 is 5.97 Å². The Morgan fingerprint density at radius 1 is 0.974 bits per heavy atom. The molecule has 0 radical (unpaired) electrons. The monoisotopic (exact) mass is 516 g/mol. The summed E-state index contributed by atoms with van der Waals surface area (Å²) in [4.78, 5) is 22.4. The van der Waals surface area contributed by atoms with Crippen LogP contribution in [-0.2, 0) is 20.7 Å². The first-order valence-corrected chi connectivity index (χ1v) is 13.4. The molecule has 0 spiro atoms. The fourth-order valence-corrected chi connectivity index (χ4v) is 4.31. The Balaban J connectivity index is 0.000000241. The summed E-state index contributed by atoms with van der Waals surface area (Å²) in [5.74, 6) is 1.31. The van der Waals surface area contributed by atoms with Crippen molar-refractivity contribution >= 4 is 11.9 Å². The first kappa shape index (κ1) is 28.9. The second-order valence-corrected chi connectivity index (χ2v) is 9.59. The standard InChI is InChI=1S/C18H26N2O4.C14H14/c1-2-23-18(22)16-11-14(16)12-20-7-4-8-24-15-6-3-5-13(9-15)10-17(19)21;1-12(13-8-4-2-5-9-13)14-10-6-3-7-11-14/h3,5-6,9,14,16,20H,2,4,7-8,10-12H2,1H3,(H2,19,21);2-12H,1H3. The molecular formula is C32H40N2O4. The zero-order valence-corrected chi connectivity index (χ0v) is 22.5. The molecule has 38 heavy (non-hydrogen) atoms. The van der Waals surface area contributed by atoms with Gasteiger partial charge in [-0.05, 0) is 67.6 Å². The summed E-state index contributed by atoms with van der Waals surface area (Å²) in [5.41, 5.74) is 8.79. The molecule has 202 valence electrons. The van der Waals surface area contributed by atoms with Crippen molar-refractivity contribution in [3.63, 3.8) is 0 Å². The van der Waals surface area contributed by atoms with E-state index in [1.807, 2.05) is 31.2 Å². The van der Waals surface area contributed by atoms with Crippen LogP contribution in [0.4, 0.5) is 0 Å². The topological polar surface area (TPSA) is 90.7 Å². The molecule has 3 aromatic carbocycles. The Labute approximate surface area is 226 Å². The van der Waals surface area contributed by atoms with Crippen molar-refractivity contribution in [3.8, 4) is 5.75 Å². The molecule has 2 unspecified atom stereocenters. The molecule has 1 amide bonds. The molecule has 1 saturated carbocycles. The van der Waals surface area contributed by atoms with Gasteiger partial charge in [-0.3, -0.25) is 9.59 Å². The average molecular weight is 517 g/mol. The van der Waals surface area contributed by atoms with Crippen LogP contribution >= 0.6 is 0 Å². The van der Waals surface area contributed by atoms with Crippen LogP contribution in [0.1, 0.15) is 49.3 Å². The lowest BCUT2D eigenvalue weighted by molar-refractivity contribution is -0.145. The lowest BCUT2D eigenvalue weighted by Crippen LogP contribution is -2.21. The predicted molar refractivity (Wildman–Crippen MR) is 151 cm³/mol. The molecule has 0 heterocycles. The van der Waals surface area contributed by atoms with Crippen LogP contribution in [-0.4, -0.2) is 38.2 Å². The Kier molecular flexibility index (Phi) is 11.9. The van der Waals surface area contributed by atoms with E-state index in [1.54, 1.807) is 0 Å². The fraction of sp³-hybridized carbons (Fsp3) is 0.375. The lowest BCUT2D eigenvalue weighted by Gasteiger charge is -2.11. The number of hydrogen-bond donors (Lipinski definition) is 2. The maximum Gasteiger partial charge on any atom is 0.309 e. The van der Waals surface area contributed by atoms with Crippen molar-refractivity contribution in [2.24, 2.45) is 17.6 Å². The number of nitrogens with one attached hydrogen (secondary N) is 1. The van der Waals surface area contributed by atoms with Crippen molar-refractivity contribution in [1.82, 2.24) is 5.32 Å². The van der Waals surface area contributed by atoms with Gasteiger partial charge in [-0.2, -0.15) is 0 Å². The van der Waals surface area contributed by atoms with Crippen molar-refractivity contribution in [1.29, 1.82) is 0 Å². The Morgan fingerprint density at radius 2 is 1.63 bits per heavy atom. The maximum absolute atomic E-state index is 11.5. The van der Waals surface area contributed by atoms with Crippen molar-refractivity contribution < 1.29 is 19.1 Å². The van der Waals surface area contributed by atoms with Crippen LogP contribution in [0.25, 0.3) is 0 Å². The van der Waals surface area contributed by atoms with Crippen molar-refractivity contribution in [2.45, 2.75) is 39.0 Å². The highest BCUT2D eigenvalue weighted by Crippen LogP contribution is 2.38. The molecule has 0 saturated heterocycles. The fourth-order valence-electron chi connectivity index (χ4n) is 4.31. The van der Waals surface area contributed by atoms with Gasteiger partial charge in [-0.1, -0.05) is 79.7 Å². The summed E-state index contributed by atoms with van der Waals surface area (Å²) in [5, 5.41) is 3.35. The number of amides is 1. The van der Waals surface area contributed by atoms with Crippen LogP contribution in [0, 0.1) is 11.8 Å². The van der Waals surface area contributed by atoms with E-state index < -0.39 is 0 Å². The summed E-state index contributed by atoms with van der Waals surface area (Å²) >= 11 is 0. The molecule has 4 rings (SSSR count). The van der Waals surface area contributed by atoms with Crippen LogP contribution < -0.4 is 15.8 Å². The van der Waals surface area contributed by atoms with Crippen molar-refractivity contribution in [3.05, 3.63) is 102 Å². The van der Waals surface area contributed by atoms with Crippen LogP contribution in [0.3, 0.4) is 0 Å². The first-order valence-electron chi connectivity index (χ1n) is 13.4. The third-order valence-corrected chi connectivity index (χ3v) is 6.56. The third kappa shape index (κ3) is 10.0. The van der Waals surface area contributed by atoms with Gasteiger partial charge in [0.1, 0.15) is 5.75 Å². The highest BCUT2D eigenvalue weighted by molar-refractivity contribution is 5.76. The van der Waals surface area contributed by atoms with E-state index in [1.165, 1.54) is 11.1 Å². The number of primary amides is 1. The van der Waals surface area contributed by atoms with Gasteiger partial charge in [0.15, 0.2) is 0 Å². The molecule has 0 bridgehead atoms. The molecule has 2 atom stereocenters. The number of rotatable bonds is 13. The van der Waals surface area contributed by atoms with E-state index in [0.29, 0.717) is 25.0 Å². The van der Waals surface area contributed by atoms with Gasteiger partial charge in [0.05, 0.1) is 25.6 Å². The van der Waals surface area contributed by atoms with E-state index in [-0.39, 0.29) is 24.2 Å². The number of hydrogen-bond acceptors (Lipinski definition) is 5. The van der Waals surface area contributed by atoms with Crippen molar-refractivity contribution in [2.75, 3.05) is 26.3 Å². The molecular weight excluding hydrogens is 476 g/mol. The Bertz CT molecular complexity index is 1080. The first-order chi connectivity index (χ1) is 18.5. The molecule has 1 fully saturated rings. The number of nitrogens with two attached hydrogens (primary N) is 1. The highest BCUT2D eigenvalue weighted by atomic mass is 16.5. The molecule has 1 aliphatic carbocycles. The van der Waals surface area contributed by atoms with Crippen LogP contribution in [0.2, 0.25) is 0 Å². The minimum atomic E-state index is -0.349. The average Bonchev–Trinajstić information content (AvgIpc) is 3.71. The van der Waals surface area contributed by atoms with Gasteiger partial charge in [0, 0.05) is 5.92 Å². The summed E-state index contributed by atoms with van der Waals surface area (Å²) in [6.45, 7) is 6.80. The van der Waals surface area contributed by atoms with Gasteiger partial charge in [-0.25, -0.2) is 0 Å².